The van der Waals surface area contributed by atoms with Crippen molar-refractivity contribution in [3.05, 3.63) is 42.2 Å². The Bertz CT molecular complexity index is 537. The third-order valence-corrected chi connectivity index (χ3v) is 2.86. The molecule has 0 fully saturated rings. The molecule has 106 valence electrons. The number of hydrogen-bond donors (Lipinski definition) is 1. The summed E-state index contributed by atoms with van der Waals surface area (Å²) in [5.74, 6) is 1.74. The molecule has 0 radical (unpaired) electrons. The molecule has 1 aromatic heterocycles. The van der Waals surface area contributed by atoms with Gasteiger partial charge in [-0.15, -0.1) is 0 Å². The number of benzene rings is 1. The Balaban J connectivity index is 2.34. The summed E-state index contributed by atoms with van der Waals surface area (Å²) < 4.78 is 0. The summed E-state index contributed by atoms with van der Waals surface area (Å²) in [5, 5.41) is 3.35. The van der Waals surface area contributed by atoms with Crippen LogP contribution >= 0.6 is 0 Å². The first-order valence-electron chi connectivity index (χ1n) is 7.01. The van der Waals surface area contributed by atoms with Gasteiger partial charge in [-0.1, -0.05) is 37.3 Å². The molecule has 0 aliphatic rings. The highest BCUT2D eigenvalue weighted by Gasteiger charge is 2.07. The molecule has 0 saturated carbocycles. The molecule has 20 heavy (non-hydrogen) atoms. The van der Waals surface area contributed by atoms with E-state index in [0.29, 0.717) is 0 Å². The van der Waals surface area contributed by atoms with Crippen molar-refractivity contribution in [1.82, 2.24) is 14.9 Å². The molecule has 1 heterocycles. The third-order valence-electron chi connectivity index (χ3n) is 2.86. The summed E-state index contributed by atoms with van der Waals surface area (Å²) in [6.45, 7) is 3.81. The van der Waals surface area contributed by atoms with Crippen molar-refractivity contribution < 1.29 is 0 Å². The van der Waals surface area contributed by atoms with Crippen LogP contribution in [0.5, 0.6) is 0 Å². The van der Waals surface area contributed by atoms with Crippen molar-refractivity contribution in [2.45, 2.75) is 19.9 Å². The van der Waals surface area contributed by atoms with Crippen LogP contribution in [0.2, 0.25) is 0 Å². The molecule has 2 aromatic rings. The van der Waals surface area contributed by atoms with E-state index in [9.17, 15) is 0 Å². The van der Waals surface area contributed by atoms with Crippen LogP contribution in [0.25, 0.3) is 11.3 Å². The first-order valence-corrected chi connectivity index (χ1v) is 7.01. The van der Waals surface area contributed by atoms with Gasteiger partial charge in [-0.2, -0.15) is 0 Å². The lowest BCUT2D eigenvalue weighted by Crippen LogP contribution is -2.15. The van der Waals surface area contributed by atoms with Crippen LogP contribution in [-0.4, -0.2) is 35.5 Å². The number of rotatable bonds is 6. The molecule has 0 saturated heterocycles. The summed E-state index contributed by atoms with van der Waals surface area (Å²) in [7, 11) is 4.05. The minimum atomic E-state index is 0.738. The number of anilines is 1. The predicted molar refractivity (Wildman–Crippen MR) is 83.6 cm³/mol. The van der Waals surface area contributed by atoms with E-state index in [1.54, 1.807) is 0 Å². The maximum Gasteiger partial charge on any atom is 0.145 e. The quantitative estimate of drug-likeness (QED) is 0.876. The summed E-state index contributed by atoms with van der Waals surface area (Å²) in [6, 6.07) is 12.2. The second kappa shape index (κ2) is 7.01. The zero-order valence-corrected chi connectivity index (χ0v) is 12.4. The summed E-state index contributed by atoms with van der Waals surface area (Å²) in [5.41, 5.74) is 2.09. The van der Waals surface area contributed by atoms with Crippen LogP contribution in [0.1, 0.15) is 19.2 Å². The van der Waals surface area contributed by atoms with Gasteiger partial charge in [0.1, 0.15) is 11.6 Å². The molecule has 2 rings (SSSR count). The lowest BCUT2D eigenvalue weighted by atomic mass is 10.1. The maximum atomic E-state index is 4.66. The van der Waals surface area contributed by atoms with Crippen LogP contribution in [-0.2, 0) is 6.54 Å². The van der Waals surface area contributed by atoms with E-state index in [-0.39, 0.29) is 0 Å². The van der Waals surface area contributed by atoms with Crippen LogP contribution in [0.15, 0.2) is 36.4 Å². The molecule has 1 N–H and O–H groups in total. The molecule has 0 aliphatic carbocycles. The fourth-order valence-corrected chi connectivity index (χ4v) is 1.95. The maximum absolute atomic E-state index is 4.66. The Morgan fingerprint density at radius 2 is 1.85 bits per heavy atom. The monoisotopic (exact) mass is 270 g/mol. The van der Waals surface area contributed by atoms with Crippen LogP contribution in [0.4, 0.5) is 5.82 Å². The van der Waals surface area contributed by atoms with Crippen molar-refractivity contribution in [2.75, 3.05) is 26.0 Å². The highest BCUT2D eigenvalue weighted by atomic mass is 15.1. The van der Waals surface area contributed by atoms with Gasteiger partial charge in [-0.25, -0.2) is 9.97 Å². The second-order valence-electron chi connectivity index (χ2n) is 5.09. The van der Waals surface area contributed by atoms with Crippen molar-refractivity contribution >= 4 is 5.82 Å². The second-order valence-corrected chi connectivity index (χ2v) is 5.09. The minimum Gasteiger partial charge on any atom is -0.370 e. The average molecular weight is 270 g/mol. The van der Waals surface area contributed by atoms with Gasteiger partial charge in [0.05, 0.1) is 12.2 Å². The highest BCUT2D eigenvalue weighted by molar-refractivity contribution is 5.62. The van der Waals surface area contributed by atoms with Gasteiger partial charge >= 0.3 is 0 Å². The summed E-state index contributed by atoms with van der Waals surface area (Å²) >= 11 is 0. The fourth-order valence-electron chi connectivity index (χ4n) is 1.95. The van der Waals surface area contributed by atoms with Gasteiger partial charge in [0, 0.05) is 18.2 Å². The van der Waals surface area contributed by atoms with Gasteiger partial charge in [0.25, 0.3) is 0 Å². The smallest absolute Gasteiger partial charge is 0.145 e. The molecule has 1 aromatic carbocycles. The van der Waals surface area contributed by atoms with Crippen molar-refractivity contribution in [2.24, 2.45) is 0 Å². The number of aromatic nitrogens is 2. The van der Waals surface area contributed by atoms with Crippen molar-refractivity contribution in [3.63, 3.8) is 0 Å². The van der Waals surface area contributed by atoms with Gasteiger partial charge in [0.2, 0.25) is 0 Å². The highest BCUT2D eigenvalue weighted by Crippen LogP contribution is 2.20. The van der Waals surface area contributed by atoms with Crippen LogP contribution < -0.4 is 5.32 Å². The van der Waals surface area contributed by atoms with E-state index in [1.165, 1.54) is 0 Å². The molecule has 4 nitrogen and oxygen atoms in total. The van der Waals surface area contributed by atoms with Gasteiger partial charge < -0.3 is 10.2 Å². The lowest BCUT2D eigenvalue weighted by Gasteiger charge is -2.12. The topological polar surface area (TPSA) is 41.1 Å². The Hall–Kier alpha value is -1.94. The fraction of sp³-hybridized carbons (Fsp3) is 0.375. The predicted octanol–water partition coefficient (Wildman–Crippen LogP) is 3.03. The zero-order valence-electron chi connectivity index (χ0n) is 12.4. The molecule has 0 atom stereocenters. The Kier molecular flexibility index (Phi) is 5.07. The number of hydrogen-bond acceptors (Lipinski definition) is 4. The zero-order chi connectivity index (χ0) is 14.4. The van der Waals surface area contributed by atoms with Gasteiger partial charge in [-0.05, 0) is 20.5 Å². The molecule has 0 amide bonds. The minimum absolute atomic E-state index is 0.738. The molecular formula is C16H22N4. The van der Waals surface area contributed by atoms with E-state index in [2.05, 4.69) is 39.2 Å². The Labute approximate surface area is 120 Å². The molecule has 0 spiro atoms. The van der Waals surface area contributed by atoms with E-state index >= 15 is 0 Å². The van der Waals surface area contributed by atoms with E-state index in [0.717, 1.165) is 42.4 Å². The van der Waals surface area contributed by atoms with E-state index in [1.807, 2.05) is 38.4 Å². The van der Waals surface area contributed by atoms with Gasteiger partial charge in [0.15, 0.2) is 0 Å². The van der Waals surface area contributed by atoms with E-state index in [4.69, 9.17) is 0 Å². The molecule has 0 aliphatic heterocycles. The largest absolute Gasteiger partial charge is 0.370 e. The van der Waals surface area contributed by atoms with Crippen molar-refractivity contribution in [1.29, 1.82) is 0 Å². The van der Waals surface area contributed by atoms with Crippen molar-refractivity contribution in [3.8, 4) is 11.3 Å². The standard InChI is InChI=1S/C16H22N4/c1-4-10-17-15-11-14(13-8-6-5-7-9-13)18-16(19-15)12-20(2)3/h5-9,11H,4,10,12H2,1-3H3,(H,17,18,19). The van der Waals surface area contributed by atoms with E-state index < -0.39 is 0 Å². The first-order chi connectivity index (χ1) is 9.69. The Morgan fingerprint density at radius 1 is 1.10 bits per heavy atom. The summed E-state index contributed by atoms with van der Waals surface area (Å²) in [4.78, 5) is 11.3. The molecule has 0 bridgehead atoms. The molecular weight excluding hydrogens is 248 g/mol. The lowest BCUT2D eigenvalue weighted by molar-refractivity contribution is 0.391. The Morgan fingerprint density at radius 3 is 2.50 bits per heavy atom. The molecule has 4 heteroatoms. The SMILES string of the molecule is CCCNc1cc(-c2ccccc2)nc(CN(C)C)n1. The normalized spacial score (nSPS) is 10.8. The molecule has 0 unspecified atom stereocenters. The van der Waals surface area contributed by atoms with Gasteiger partial charge in [-0.3, -0.25) is 0 Å². The van der Waals surface area contributed by atoms with Crippen LogP contribution in [0, 0.1) is 0 Å². The number of nitrogens with one attached hydrogen (secondary N) is 1. The first kappa shape index (κ1) is 14.5. The third kappa shape index (κ3) is 4.03. The van der Waals surface area contributed by atoms with Crippen LogP contribution in [0.3, 0.4) is 0 Å². The summed E-state index contributed by atoms with van der Waals surface area (Å²) in [6.07, 6.45) is 1.08. The number of nitrogens with zero attached hydrogens (tertiary/aromatic N) is 3. The average Bonchev–Trinajstić information content (AvgIpc) is 2.45.